The summed E-state index contributed by atoms with van der Waals surface area (Å²) in [6.07, 6.45) is 0. The topological polar surface area (TPSA) is 84.9 Å². The van der Waals surface area contributed by atoms with Gasteiger partial charge >= 0.3 is 5.97 Å². The Kier molecular flexibility index (Phi) is 5.50. The third-order valence-corrected chi connectivity index (χ3v) is 1.96. The molecule has 6 heteroatoms. The minimum atomic E-state index is -0.506. The molecule has 0 atom stereocenters. The van der Waals surface area contributed by atoms with Gasteiger partial charge in [-0.1, -0.05) is 12.1 Å². The van der Waals surface area contributed by atoms with Gasteiger partial charge in [0.15, 0.2) is 18.1 Å². The second-order valence-corrected chi connectivity index (χ2v) is 3.34. The minimum absolute atomic E-state index is 0.0457. The van der Waals surface area contributed by atoms with Crippen molar-refractivity contribution in [3.8, 4) is 11.5 Å². The van der Waals surface area contributed by atoms with E-state index in [1.807, 2.05) is 0 Å². The number of carbonyl (C=O) groups excluding carboxylic acids is 2. The van der Waals surface area contributed by atoms with Crippen LogP contribution in [0.3, 0.4) is 0 Å². The van der Waals surface area contributed by atoms with Gasteiger partial charge in [0.25, 0.3) is 5.91 Å². The van der Waals surface area contributed by atoms with Gasteiger partial charge in [0.1, 0.15) is 6.54 Å². The number of aromatic hydroxyl groups is 1. The van der Waals surface area contributed by atoms with Crippen molar-refractivity contribution in [2.75, 3.05) is 19.8 Å². The Morgan fingerprint density at radius 1 is 1.33 bits per heavy atom. The van der Waals surface area contributed by atoms with Gasteiger partial charge < -0.3 is 19.9 Å². The van der Waals surface area contributed by atoms with Gasteiger partial charge in [0.05, 0.1) is 6.61 Å². The summed E-state index contributed by atoms with van der Waals surface area (Å²) in [6, 6.07) is 6.30. The molecule has 1 aromatic rings. The van der Waals surface area contributed by atoms with E-state index in [2.05, 4.69) is 10.1 Å². The van der Waals surface area contributed by atoms with Gasteiger partial charge in [-0.2, -0.15) is 0 Å². The van der Waals surface area contributed by atoms with Crippen LogP contribution in [0, 0.1) is 0 Å². The van der Waals surface area contributed by atoms with Gasteiger partial charge in [-0.15, -0.1) is 0 Å². The number of nitrogens with one attached hydrogen (secondary N) is 1. The van der Waals surface area contributed by atoms with Crippen LogP contribution in [0.15, 0.2) is 24.3 Å². The Bertz CT molecular complexity index is 419. The van der Waals surface area contributed by atoms with Crippen LogP contribution in [0.1, 0.15) is 6.92 Å². The van der Waals surface area contributed by atoms with Crippen molar-refractivity contribution in [3.63, 3.8) is 0 Å². The first-order valence-electron chi connectivity index (χ1n) is 5.46. The van der Waals surface area contributed by atoms with E-state index in [1.54, 1.807) is 19.1 Å². The summed E-state index contributed by atoms with van der Waals surface area (Å²) in [5.74, 6) is -0.806. The number of ether oxygens (including phenoxy) is 2. The van der Waals surface area contributed by atoms with Crippen molar-refractivity contribution in [3.05, 3.63) is 24.3 Å². The zero-order chi connectivity index (χ0) is 13.4. The zero-order valence-corrected chi connectivity index (χ0v) is 10.0. The lowest BCUT2D eigenvalue weighted by Crippen LogP contribution is -2.34. The molecule has 0 radical (unpaired) electrons. The summed E-state index contributed by atoms with van der Waals surface area (Å²) < 4.78 is 9.72. The zero-order valence-electron chi connectivity index (χ0n) is 10.0. The van der Waals surface area contributed by atoms with E-state index < -0.39 is 11.9 Å². The van der Waals surface area contributed by atoms with Crippen molar-refractivity contribution in [1.82, 2.24) is 5.32 Å². The molecule has 2 N–H and O–H groups in total. The third-order valence-electron chi connectivity index (χ3n) is 1.96. The number of hydrogen-bond donors (Lipinski definition) is 2. The molecule has 18 heavy (non-hydrogen) atoms. The predicted octanol–water partition coefficient (Wildman–Crippen LogP) is 0.450. The average Bonchev–Trinajstić information content (AvgIpc) is 2.36. The average molecular weight is 253 g/mol. The molecule has 0 spiro atoms. The van der Waals surface area contributed by atoms with Crippen LogP contribution < -0.4 is 10.1 Å². The molecule has 0 aromatic heterocycles. The van der Waals surface area contributed by atoms with Crippen molar-refractivity contribution in [2.24, 2.45) is 0 Å². The van der Waals surface area contributed by atoms with Crippen LogP contribution in [0.2, 0.25) is 0 Å². The van der Waals surface area contributed by atoms with Crippen LogP contribution in [-0.4, -0.2) is 36.7 Å². The van der Waals surface area contributed by atoms with E-state index in [0.717, 1.165) is 0 Å². The van der Waals surface area contributed by atoms with Crippen LogP contribution in [0.5, 0.6) is 11.5 Å². The lowest BCUT2D eigenvalue weighted by Gasteiger charge is -2.08. The highest BCUT2D eigenvalue weighted by molar-refractivity contribution is 5.82. The van der Waals surface area contributed by atoms with Crippen LogP contribution in [-0.2, 0) is 14.3 Å². The fourth-order valence-corrected chi connectivity index (χ4v) is 1.16. The van der Waals surface area contributed by atoms with Gasteiger partial charge in [-0.25, -0.2) is 0 Å². The molecule has 6 nitrogen and oxygen atoms in total. The van der Waals surface area contributed by atoms with E-state index in [4.69, 9.17) is 4.74 Å². The fraction of sp³-hybridized carbons (Fsp3) is 0.333. The minimum Gasteiger partial charge on any atom is -0.504 e. The second-order valence-electron chi connectivity index (χ2n) is 3.34. The lowest BCUT2D eigenvalue weighted by atomic mass is 10.3. The summed E-state index contributed by atoms with van der Waals surface area (Å²) >= 11 is 0. The first-order valence-corrected chi connectivity index (χ1v) is 5.46. The predicted molar refractivity (Wildman–Crippen MR) is 63.2 cm³/mol. The SMILES string of the molecule is CCOC(=O)CNC(=O)COc1ccccc1O. The maximum Gasteiger partial charge on any atom is 0.325 e. The highest BCUT2D eigenvalue weighted by Gasteiger charge is 2.08. The van der Waals surface area contributed by atoms with Crippen LogP contribution in [0.25, 0.3) is 0 Å². The first kappa shape index (κ1) is 13.8. The van der Waals surface area contributed by atoms with E-state index in [1.165, 1.54) is 12.1 Å². The van der Waals surface area contributed by atoms with Crippen LogP contribution in [0.4, 0.5) is 0 Å². The summed E-state index contributed by atoms with van der Waals surface area (Å²) in [5, 5.41) is 11.7. The molecule has 1 amide bonds. The molecule has 0 heterocycles. The quantitative estimate of drug-likeness (QED) is 0.719. The second kappa shape index (κ2) is 7.16. The van der Waals surface area contributed by atoms with E-state index in [9.17, 15) is 14.7 Å². The Balaban J connectivity index is 2.29. The maximum atomic E-state index is 11.3. The van der Waals surface area contributed by atoms with Crippen molar-refractivity contribution in [2.45, 2.75) is 6.92 Å². The van der Waals surface area contributed by atoms with Crippen LogP contribution >= 0.6 is 0 Å². The van der Waals surface area contributed by atoms with E-state index in [0.29, 0.717) is 0 Å². The Labute approximate surface area is 105 Å². The van der Waals surface area contributed by atoms with Crippen molar-refractivity contribution in [1.29, 1.82) is 0 Å². The maximum absolute atomic E-state index is 11.3. The van der Waals surface area contributed by atoms with Crippen molar-refractivity contribution < 1.29 is 24.2 Å². The van der Waals surface area contributed by atoms with Gasteiger partial charge in [0.2, 0.25) is 0 Å². The number of esters is 1. The molecular formula is C12H15NO5. The largest absolute Gasteiger partial charge is 0.504 e. The normalized spacial score (nSPS) is 9.61. The van der Waals surface area contributed by atoms with Crippen molar-refractivity contribution >= 4 is 11.9 Å². The number of amides is 1. The molecule has 0 aliphatic heterocycles. The summed E-state index contributed by atoms with van der Waals surface area (Å²) in [5.41, 5.74) is 0. The Morgan fingerprint density at radius 3 is 2.72 bits per heavy atom. The molecular weight excluding hydrogens is 238 g/mol. The van der Waals surface area contributed by atoms with Gasteiger partial charge in [-0.3, -0.25) is 9.59 Å². The summed E-state index contributed by atoms with van der Waals surface area (Å²) in [6.45, 7) is 1.47. The lowest BCUT2D eigenvalue weighted by molar-refractivity contribution is -0.143. The summed E-state index contributed by atoms with van der Waals surface area (Å²) in [7, 11) is 0. The Hall–Kier alpha value is -2.24. The summed E-state index contributed by atoms with van der Waals surface area (Å²) in [4.78, 5) is 22.3. The molecule has 0 fully saturated rings. The van der Waals surface area contributed by atoms with Gasteiger partial charge in [0, 0.05) is 0 Å². The molecule has 0 bridgehead atoms. The number of rotatable bonds is 6. The molecule has 0 aliphatic carbocycles. The number of phenols is 1. The molecule has 0 aliphatic rings. The standard InChI is InChI=1S/C12H15NO5/c1-2-17-12(16)7-13-11(15)8-18-10-6-4-3-5-9(10)14/h3-6,14H,2,7-8H2,1H3,(H,13,15). The smallest absolute Gasteiger partial charge is 0.325 e. The third kappa shape index (κ3) is 4.73. The molecule has 0 unspecified atom stereocenters. The number of para-hydroxylation sites is 2. The van der Waals surface area contributed by atoms with E-state index >= 15 is 0 Å². The number of hydrogen-bond acceptors (Lipinski definition) is 5. The highest BCUT2D eigenvalue weighted by Crippen LogP contribution is 2.23. The number of phenolic OH excluding ortho intramolecular Hbond substituents is 1. The first-order chi connectivity index (χ1) is 8.63. The number of carbonyl (C=O) groups is 2. The Morgan fingerprint density at radius 2 is 2.06 bits per heavy atom. The molecule has 0 saturated carbocycles. The fourth-order valence-electron chi connectivity index (χ4n) is 1.16. The molecule has 0 saturated heterocycles. The monoisotopic (exact) mass is 253 g/mol. The number of benzene rings is 1. The van der Waals surface area contributed by atoms with E-state index in [-0.39, 0.29) is 31.3 Å². The molecule has 1 rings (SSSR count). The highest BCUT2D eigenvalue weighted by atomic mass is 16.5. The molecule has 1 aromatic carbocycles. The molecule has 98 valence electrons. The van der Waals surface area contributed by atoms with Gasteiger partial charge in [-0.05, 0) is 19.1 Å².